The summed E-state index contributed by atoms with van der Waals surface area (Å²) >= 11 is 5.66. The van der Waals surface area contributed by atoms with Crippen LogP contribution >= 0.6 is 11.6 Å². The van der Waals surface area contributed by atoms with Gasteiger partial charge in [0.15, 0.2) is 0 Å². The molecule has 1 N–H and O–H groups in total. The molecule has 4 nitrogen and oxygen atoms in total. The first-order chi connectivity index (χ1) is 7.44. The van der Waals surface area contributed by atoms with Gasteiger partial charge in [-0.15, -0.1) is 11.6 Å². The first-order valence-electron chi connectivity index (χ1n) is 5.44. The SMILES string of the molecule is CCOC(=O)CCCNC(=O)C(C)(C)CCl. The lowest BCUT2D eigenvalue weighted by molar-refractivity contribution is -0.143. The molecular weight excluding hydrogens is 230 g/mol. The molecule has 0 fully saturated rings. The summed E-state index contributed by atoms with van der Waals surface area (Å²) in [6, 6.07) is 0. The van der Waals surface area contributed by atoms with Gasteiger partial charge in [0.05, 0.1) is 12.0 Å². The molecule has 16 heavy (non-hydrogen) atoms. The number of carbonyl (C=O) groups excluding carboxylic acids is 2. The van der Waals surface area contributed by atoms with Crippen LogP contribution in [-0.4, -0.2) is 30.9 Å². The molecule has 1 amide bonds. The van der Waals surface area contributed by atoms with Gasteiger partial charge in [-0.05, 0) is 27.2 Å². The zero-order chi connectivity index (χ0) is 12.6. The molecule has 0 aromatic rings. The molecule has 0 aromatic carbocycles. The van der Waals surface area contributed by atoms with Gasteiger partial charge in [0.2, 0.25) is 5.91 Å². The number of amides is 1. The summed E-state index contributed by atoms with van der Waals surface area (Å²) in [5, 5.41) is 2.74. The van der Waals surface area contributed by atoms with Gasteiger partial charge < -0.3 is 10.1 Å². The Morgan fingerprint density at radius 2 is 2.00 bits per heavy atom. The lowest BCUT2D eigenvalue weighted by Gasteiger charge is -2.20. The van der Waals surface area contributed by atoms with E-state index in [1.165, 1.54) is 0 Å². The Hall–Kier alpha value is -0.770. The number of ether oxygens (including phenoxy) is 1. The molecule has 0 saturated carbocycles. The van der Waals surface area contributed by atoms with Crippen LogP contribution in [0.2, 0.25) is 0 Å². The summed E-state index contributed by atoms with van der Waals surface area (Å²) in [5.41, 5.74) is -0.564. The summed E-state index contributed by atoms with van der Waals surface area (Å²) < 4.78 is 4.76. The fourth-order valence-electron chi connectivity index (χ4n) is 0.968. The number of halogens is 1. The minimum atomic E-state index is -0.564. The predicted octanol–water partition coefficient (Wildman–Crippen LogP) is 1.71. The van der Waals surface area contributed by atoms with Gasteiger partial charge in [-0.3, -0.25) is 9.59 Å². The molecule has 94 valence electrons. The molecule has 0 spiro atoms. The quantitative estimate of drug-likeness (QED) is 0.425. The highest BCUT2D eigenvalue weighted by molar-refractivity contribution is 6.19. The topological polar surface area (TPSA) is 55.4 Å². The number of hydrogen-bond donors (Lipinski definition) is 1. The lowest BCUT2D eigenvalue weighted by atomic mass is 9.95. The molecule has 0 heterocycles. The summed E-state index contributed by atoms with van der Waals surface area (Å²) in [5.74, 6) is -0.0452. The van der Waals surface area contributed by atoms with Crippen molar-refractivity contribution in [1.29, 1.82) is 0 Å². The zero-order valence-electron chi connectivity index (χ0n) is 10.1. The zero-order valence-corrected chi connectivity index (χ0v) is 10.9. The first kappa shape index (κ1) is 15.2. The van der Waals surface area contributed by atoms with Crippen molar-refractivity contribution in [3.05, 3.63) is 0 Å². The van der Waals surface area contributed by atoms with Crippen LogP contribution in [0.5, 0.6) is 0 Å². The van der Waals surface area contributed by atoms with Crippen LogP contribution in [0.4, 0.5) is 0 Å². The molecule has 0 unspecified atom stereocenters. The maximum atomic E-state index is 11.6. The first-order valence-corrected chi connectivity index (χ1v) is 5.97. The van der Waals surface area contributed by atoms with Crippen molar-refractivity contribution in [2.24, 2.45) is 5.41 Å². The average molecular weight is 250 g/mol. The van der Waals surface area contributed by atoms with Crippen LogP contribution < -0.4 is 5.32 Å². The van der Waals surface area contributed by atoms with Gasteiger partial charge in [-0.1, -0.05) is 0 Å². The Labute approximate surface area is 102 Å². The fraction of sp³-hybridized carbons (Fsp3) is 0.818. The Morgan fingerprint density at radius 3 is 2.50 bits per heavy atom. The third-order valence-corrected chi connectivity index (χ3v) is 2.77. The summed E-state index contributed by atoms with van der Waals surface area (Å²) in [6.07, 6.45) is 0.915. The second-order valence-electron chi connectivity index (χ2n) is 4.18. The van der Waals surface area contributed by atoms with Crippen molar-refractivity contribution in [2.75, 3.05) is 19.0 Å². The molecule has 0 radical (unpaired) electrons. The number of carbonyl (C=O) groups is 2. The van der Waals surface area contributed by atoms with E-state index in [0.717, 1.165) is 0 Å². The number of alkyl halides is 1. The van der Waals surface area contributed by atoms with E-state index in [1.807, 2.05) is 0 Å². The van der Waals surface area contributed by atoms with Crippen molar-refractivity contribution in [3.63, 3.8) is 0 Å². The van der Waals surface area contributed by atoms with Gasteiger partial charge in [-0.2, -0.15) is 0 Å². The van der Waals surface area contributed by atoms with E-state index in [1.54, 1.807) is 20.8 Å². The van der Waals surface area contributed by atoms with Crippen molar-refractivity contribution in [1.82, 2.24) is 5.32 Å². The molecule has 0 aliphatic rings. The molecule has 0 aliphatic carbocycles. The van der Waals surface area contributed by atoms with E-state index < -0.39 is 5.41 Å². The van der Waals surface area contributed by atoms with E-state index in [2.05, 4.69) is 5.32 Å². The van der Waals surface area contributed by atoms with E-state index in [9.17, 15) is 9.59 Å². The highest BCUT2D eigenvalue weighted by Gasteiger charge is 2.25. The highest BCUT2D eigenvalue weighted by atomic mass is 35.5. The third-order valence-electron chi connectivity index (χ3n) is 2.10. The summed E-state index contributed by atoms with van der Waals surface area (Å²) in [7, 11) is 0. The number of nitrogens with one attached hydrogen (secondary N) is 1. The largest absolute Gasteiger partial charge is 0.466 e. The van der Waals surface area contributed by atoms with E-state index in [4.69, 9.17) is 16.3 Å². The van der Waals surface area contributed by atoms with E-state index >= 15 is 0 Å². The highest BCUT2D eigenvalue weighted by Crippen LogP contribution is 2.16. The summed E-state index contributed by atoms with van der Waals surface area (Å²) in [6.45, 7) is 6.19. The van der Waals surface area contributed by atoms with Gasteiger partial charge in [0.25, 0.3) is 0 Å². The smallest absolute Gasteiger partial charge is 0.305 e. The second-order valence-corrected chi connectivity index (χ2v) is 4.45. The standard InChI is InChI=1S/C11H20ClNO3/c1-4-16-9(14)6-5-7-13-10(15)11(2,3)8-12/h4-8H2,1-3H3,(H,13,15). The summed E-state index contributed by atoms with van der Waals surface area (Å²) in [4.78, 5) is 22.5. The van der Waals surface area contributed by atoms with Crippen LogP contribution in [-0.2, 0) is 14.3 Å². The van der Waals surface area contributed by atoms with Crippen LogP contribution in [0, 0.1) is 5.41 Å². The Bertz CT molecular complexity index is 241. The Kier molecular flexibility index (Phi) is 7.13. The second kappa shape index (κ2) is 7.49. The molecular formula is C11H20ClNO3. The maximum Gasteiger partial charge on any atom is 0.305 e. The predicted molar refractivity (Wildman–Crippen MR) is 63.4 cm³/mol. The monoisotopic (exact) mass is 249 g/mol. The minimum Gasteiger partial charge on any atom is -0.466 e. The maximum absolute atomic E-state index is 11.6. The molecule has 0 aromatic heterocycles. The van der Waals surface area contributed by atoms with Crippen LogP contribution in [0.25, 0.3) is 0 Å². The van der Waals surface area contributed by atoms with Crippen LogP contribution in [0.15, 0.2) is 0 Å². The van der Waals surface area contributed by atoms with Gasteiger partial charge >= 0.3 is 5.97 Å². The fourth-order valence-corrected chi connectivity index (χ4v) is 1.09. The molecule has 0 atom stereocenters. The molecule has 5 heteroatoms. The van der Waals surface area contributed by atoms with Crippen molar-refractivity contribution in [2.45, 2.75) is 33.6 Å². The average Bonchev–Trinajstić information content (AvgIpc) is 2.24. The van der Waals surface area contributed by atoms with Crippen molar-refractivity contribution < 1.29 is 14.3 Å². The van der Waals surface area contributed by atoms with Crippen molar-refractivity contribution >= 4 is 23.5 Å². The van der Waals surface area contributed by atoms with Gasteiger partial charge in [0.1, 0.15) is 0 Å². The lowest BCUT2D eigenvalue weighted by Crippen LogP contribution is -2.38. The molecule has 0 aliphatic heterocycles. The molecule has 0 bridgehead atoms. The van der Waals surface area contributed by atoms with E-state index in [-0.39, 0.29) is 17.8 Å². The van der Waals surface area contributed by atoms with Crippen molar-refractivity contribution in [3.8, 4) is 0 Å². The number of rotatable bonds is 7. The minimum absolute atomic E-state index is 0.0913. The van der Waals surface area contributed by atoms with Crippen LogP contribution in [0.3, 0.4) is 0 Å². The Morgan fingerprint density at radius 1 is 1.38 bits per heavy atom. The molecule has 0 saturated heterocycles. The van der Waals surface area contributed by atoms with Gasteiger partial charge in [-0.25, -0.2) is 0 Å². The normalized spacial score (nSPS) is 11.0. The number of esters is 1. The number of hydrogen-bond acceptors (Lipinski definition) is 3. The molecule has 0 rings (SSSR count). The van der Waals surface area contributed by atoms with E-state index in [0.29, 0.717) is 26.0 Å². The third kappa shape index (κ3) is 5.95. The van der Waals surface area contributed by atoms with Gasteiger partial charge in [0, 0.05) is 18.8 Å². The van der Waals surface area contributed by atoms with Crippen LogP contribution in [0.1, 0.15) is 33.6 Å². The Balaban J connectivity index is 3.67.